The highest BCUT2D eigenvalue weighted by atomic mass is 16.3. The van der Waals surface area contributed by atoms with Gasteiger partial charge in [0, 0.05) is 0 Å². The van der Waals surface area contributed by atoms with Crippen LogP contribution in [0.2, 0.25) is 0 Å². The van der Waals surface area contributed by atoms with Gasteiger partial charge in [0.15, 0.2) is 0 Å². The van der Waals surface area contributed by atoms with Crippen LogP contribution in [0.15, 0.2) is 0 Å². The first-order valence-electron chi connectivity index (χ1n) is 6.43. The summed E-state index contributed by atoms with van der Waals surface area (Å²) >= 11 is 0. The summed E-state index contributed by atoms with van der Waals surface area (Å²) in [5.74, 6) is 2.51. The third-order valence-electron chi connectivity index (χ3n) is 4.17. The van der Waals surface area contributed by atoms with Gasteiger partial charge < -0.3 is 5.11 Å². The Morgan fingerprint density at radius 3 is 2.29 bits per heavy atom. The van der Waals surface area contributed by atoms with Crippen LogP contribution in [0.1, 0.15) is 58.3 Å². The lowest BCUT2D eigenvalue weighted by Gasteiger charge is -2.29. The maximum atomic E-state index is 10.0. The Labute approximate surface area is 87.9 Å². The molecule has 0 heterocycles. The van der Waals surface area contributed by atoms with E-state index in [9.17, 15) is 5.11 Å². The second-order valence-corrected chi connectivity index (χ2v) is 5.61. The van der Waals surface area contributed by atoms with Gasteiger partial charge >= 0.3 is 0 Å². The van der Waals surface area contributed by atoms with Crippen molar-refractivity contribution in [2.24, 2.45) is 17.8 Å². The fraction of sp³-hybridized carbons (Fsp3) is 1.00. The van der Waals surface area contributed by atoms with Crippen LogP contribution in [0.25, 0.3) is 0 Å². The van der Waals surface area contributed by atoms with Crippen LogP contribution in [-0.4, -0.2) is 11.2 Å². The maximum absolute atomic E-state index is 10.0. The van der Waals surface area contributed by atoms with Crippen molar-refractivity contribution in [3.05, 3.63) is 0 Å². The standard InChI is InChI=1S/C13H24O/c1-10-2-7-12(8-3-10)13(14)9-6-11-4-5-11/h10-14H,2-9H2,1H3. The predicted molar refractivity (Wildman–Crippen MR) is 59.1 cm³/mol. The van der Waals surface area contributed by atoms with Crippen LogP contribution < -0.4 is 0 Å². The molecule has 0 amide bonds. The lowest BCUT2D eigenvalue weighted by Crippen LogP contribution is -2.25. The molecule has 0 aromatic heterocycles. The van der Waals surface area contributed by atoms with Gasteiger partial charge in [0.05, 0.1) is 6.10 Å². The van der Waals surface area contributed by atoms with Crippen molar-refractivity contribution < 1.29 is 5.11 Å². The van der Waals surface area contributed by atoms with E-state index in [1.54, 1.807) is 0 Å². The van der Waals surface area contributed by atoms with Crippen molar-refractivity contribution in [1.29, 1.82) is 0 Å². The van der Waals surface area contributed by atoms with Crippen LogP contribution in [0.5, 0.6) is 0 Å². The predicted octanol–water partition coefficient (Wildman–Crippen LogP) is 3.36. The van der Waals surface area contributed by atoms with Gasteiger partial charge in [-0.15, -0.1) is 0 Å². The molecule has 1 unspecified atom stereocenters. The minimum atomic E-state index is 0.0168. The van der Waals surface area contributed by atoms with Gasteiger partial charge in [0.2, 0.25) is 0 Å². The number of hydrogen-bond donors (Lipinski definition) is 1. The Hall–Kier alpha value is -0.0400. The molecular weight excluding hydrogens is 172 g/mol. The van der Waals surface area contributed by atoms with Gasteiger partial charge in [-0.05, 0) is 43.4 Å². The van der Waals surface area contributed by atoms with Crippen molar-refractivity contribution >= 4 is 0 Å². The molecule has 0 spiro atoms. The quantitative estimate of drug-likeness (QED) is 0.731. The lowest BCUT2D eigenvalue weighted by atomic mass is 9.79. The molecule has 2 saturated carbocycles. The van der Waals surface area contributed by atoms with Crippen LogP contribution >= 0.6 is 0 Å². The minimum absolute atomic E-state index is 0.0168. The van der Waals surface area contributed by atoms with Gasteiger partial charge in [-0.2, -0.15) is 0 Å². The van der Waals surface area contributed by atoms with Crippen molar-refractivity contribution in [2.45, 2.75) is 64.4 Å². The van der Waals surface area contributed by atoms with Gasteiger partial charge in [0.1, 0.15) is 0 Å². The van der Waals surface area contributed by atoms with Crippen molar-refractivity contribution in [3.8, 4) is 0 Å². The van der Waals surface area contributed by atoms with E-state index in [0.29, 0.717) is 5.92 Å². The van der Waals surface area contributed by atoms with Gasteiger partial charge in [-0.1, -0.05) is 32.6 Å². The van der Waals surface area contributed by atoms with E-state index in [-0.39, 0.29) is 6.10 Å². The second kappa shape index (κ2) is 4.65. The fourth-order valence-corrected chi connectivity index (χ4v) is 2.72. The Balaban J connectivity index is 1.65. The Morgan fingerprint density at radius 1 is 1.07 bits per heavy atom. The molecule has 2 aliphatic carbocycles. The van der Waals surface area contributed by atoms with Crippen molar-refractivity contribution in [2.75, 3.05) is 0 Å². The minimum Gasteiger partial charge on any atom is -0.393 e. The molecule has 0 saturated heterocycles. The summed E-state index contributed by atoms with van der Waals surface area (Å²) in [4.78, 5) is 0. The third kappa shape index (κ3) is 2.98. The summed E-state index contributed by atoms with van der Waals surface area (Å²) in [5, 5.41) is 10.0. The van der Waals surface area contributed by atoms with Crippen molar-refractivity contribution in [3.63, 3.8) is 0 Å². The Bertz CT molecular complexity index is 166. The van der Waals surface area contributed by atoms with Crippen LogP contribution in [0, 0.1) is 17.8 Å². The number of hydrogen-bond acceptors (Lipinski definition) is 1. The zero-order valence-corrected chi connectivity index (χ0v) is 9.41. The molecule has 0 bridgehead atoms. The SMILES string of the molecule is CC1CCC(C(O)CCC2CC2)CC1. The lowest BCUT2D eigenvalue weighted by molar-refractivity contribution is 0.0659. The summed E-state index contributed by atoms with van der Waals surface area (Å²) < 4.78 is 0. The third-order valence-corrected chi connectivity index (χ3v) is 4.17. The molecule has 0 radical (unpaired) electrons. The Kier molecular flexibility index (Phi) is 3.48. The molecule has 1 N–H and O–H groups in total. The van der Waals surface area contributed by atoms with Crippen LogP contribution in [-0.2, 0) is 0 Å². The molecule has 2 rings (SSSR count). The molecule has 1 atom stereocenters. The van der Waals surface area contributed by atoms with Crippen LogP contribution in [0.4, 0.5) is 0 Å². The second-order valence-electron chi connectivity index (χ2n) is 5.61. The summed E-state index contributed by atoms with van der Waals surface area (Å²) in [6.07, 6.45) is 10.4. The normalized spacial score (nSPS) is 35.6. The van der Waals surface area contributed by atoms with E-state index < -0.39 is 0 Å². The van der Waals surface area contributed by atoms with E-state index in [1.165, 1.54) is 44.9 Å². The van der Waals surface area contributed by atoms with Gasteiger partial charge in [0.25, 0.3) is 0 Å². The smallest absolute Gasteiger partial charge is 0.0568 e. The molecule has 82 valence electrons. The highest BCUT2D eigenvalue weighted by Crippen LogP contribution is 2.37. The Morgan fingerprint density at radius 2 is 1.71 bits per heavy atom. The molecular formula is C13H24O. The fourth-order valence-electron chi connectivity index (χ4n) is 2.72. The first kappa shape index (κ1) is 10.5. The first-order chi connectivity index (χ1) is 6.75. The monoisotopic (exact) mass is 196 g/mol. The topological polar surface area (TPSA) is 20.2 Å². The number of aliphatic hydroxyl groups is 1. The van der Waals surface area contributed by atoms with Crippen molar-refractivity contribution in [1.82, 2.24) is 0 Å². The average molecular weight is 196 g/mol. The van der Waals surface area contributed by atoms with E-state index in [0.717, 1.165) is 18.3 Å². The molecule has 0 aromatic carbocycles. The highest BCUT2D eigenvalue weighted by Gasteiger charge is 2.27. The largest absolute Gasteiger partial charge is 0.393 e. The summed E-state index contributed by atoms with van der Waals surface area (Å²) in [7, 11) is 0. The maximum Gasteiger partial charge on any atom is 0.0568 e. The molecule has 0 aliphatic heterocycles. The average Bonchev–Trinajstić information content (AvgIpc) is 2.99. The molecule has 1 nitrogen and oxygen atoms in total. The molecule has 1 heteroatoms. The first-order valence-corrected chi connectivity index (χ1v) is 6.43. The summed E-state index contributed by atoms with van der Waals surface area (Å²) in [6, 6.07) is 0. The summed E-state index contributed by atoms with van der Waals surface area (Å²) in [6.45, 7) is 2.34. The van der Waals surface area contributed by atoms with E-state index in [4.69, 9.17) is 0 Å². The zero-order valence-electron chi connectivity index (χ0n) is 9.41. The highest BCUT2D eigenvalue weighted by molar-refractivity contribution is 4.79. The van der Waals surface area contributed by atoms with E-state index in [1.807, 2.05) is 0 Å². The summed E-state index contributed by atoms with van der Waals surface area (Å²) in [5.41, 5.74) is 0. The van der Waals surface area contributed by atoms with Crippen LogP contribution in [0.3, 0.4) is 0 Å². The van der Waals surface area contributed by atoms with E-state index >= 15 is 0 Å². The van der Waals surface area contributed by atoms with Gasteiger partial charge in [-0.25, -0.2) is 0 Å². The number of rotatable bonds is 4. The van der Waals surface area contributed by atoms with Gasteiger partial charge in [-0.3, -0.25) is 0 Å². The molecule has 2 aliphatic rings. The molecule has 2 fully saturated rings. The zero-order chi connectivity index (χ0) is 9.97. The van der Waals surface area contributed by atoms with E-state index in [2.05, 4.69) is 6.92 Å². The molecule has 0 aromatic rings. The molecule has 14 heavy (non-hydrogen) atoms. The number of aliphatic hydroxyl groups excluding tert-OH is 1.